The molecule has 1 aromatic rings. The van der Waals surface area contributed by atoms with Crippen molar-refractivity contribution in [3.05, 3.63) is 29.6 Å². The molecular formula is C19H33IN4O2. The summed E-state index contributed by atoms with van der Waals surface area (Å²) >= 11 is 0. The lowest BCUT2D eigenvalue weighted by molar-refractivity contribution is 0.00990. The highest BCUT2D eigenvalue weighted by Gasteiger charge is 2.21. The topological polar surface area (TPSA) is 59.0 Å². The Morgan fingerprint density at radius 2 is 2.08 bits per heavy atom. The lowest BCUT2D eigenvalue weighted by Gasteiger charge is -2.34. The number of aliphatic imine (C=N–C) groups is 1. The first kappa shape index (κ1) is 23.1. The standard InChI is InChI=1S/C19H32N4O2.HI/c1-4-20-19(21-15-17-8-5-7-16(2)22-17)23-11-9-18(10-12-23)25-14-6-13-24-3;/h5,7-8,18H,4,6,9-15H2,1-3H3,(H,20,21);1H. The van der Waals surface area contributed by atoms with Crippen molar-refractivity contribution in [2.75, 3.05) is 40.0 Å². The molecule has 1 aliphatic heterocycles. The quantitative estimate of drug-likeness (QED) is 0.271. The molecule has 7 heteroatoms. The van der Waals surface area contributed by atoms with Crippen molar-refractivity contribution in [2.24, 2.45) is 4.99 Å². The van der Waals surface area contributed by atoms with Gasteiger partial charge in [0, 0.05) is 45.7 Å². The molecule has 0 unspecified atom stereocenters. The third-order valence-corrected chi connectivity index (χ3v) is 4.26. The Labute approximate surface area is 174 Å². The van der Waals surface area contributed by atoms with Gasteiger partial charge in [-0.1, -0.05) is 6.07 Å². The predicted octanol–water partition coefficient (Wildman–Crippen LogP) is 2.99. The zero-order chi connectivity index (χ0) is 17.9. The van der Waals surface area contributed by atoms with Crippen LogP contribution in [0, 0.1) is 6.92 Å². The Morgan fingerprint density at radius 1 is 1.31 bits per heavy atom. The van der Waals surface area contributed by atoms with Crippen molar-refractivity contribution >= 4 is 29.9 Å². The van der Waals surface area contributed by atoms with E-state index in [4.69, 9.17) is 14.5 Å². The molecule has 1 fully saturated rings. The number of rotatable bonds is 8. The van der Waals surface area contributed by atoms with Crippen LogP contribution in [0.4, 0.5) is 0 Å². The number of guanidine groups is 1. The smallest absolute Gasteiger partial charge is 0.194 e. The number of piperidine rings is 1. The minimum absolute atomic E-state index is 0. The van der Waals surface area contributed by atoms with Crippen molar-refractivity contribution in [3.8, 4) is 0 Å². The number of aryl methyl sites for hydroxylation is 1. The molecule has 0 aliphatic carbocycles. The van der Waals surface area contributed by atoms with Crippen LogP contribution in [0.25, 0.3) is 0 Å². The summed E-state index contributed by atoms with van der Waals surface area (Å²) in [6, 6.07) is 6.07. The van der Waals surface area contributed by atoms with Crippen LogP contribution >= 0.6 is 24.0 Å². The molecule has 0 spiro atoms. The van der Waals surface area contributed by atoms with Gasteiger partial charge in [-0.05, 0) is 45.2 Å². The first-order valence-corrected chi connectivity index (χ1v) is 9.29. The van der Waals surface area contributed by atoms with Gasteiger partial charge in [-0.25, -0.2) is 4.99 Å². The molecule has 1 aromatic heterocycles. The van der Waals surface area contributed by atoms with Crippen molar-refractivity contribution in [2.45, 2.75) is 45.8 Å². The highest BCUT2D eigenvalue weighted by Crippen LogP contribution is 2.14. The number of pyridine rings is 1. The summed E-state index contributed by atoms with van der Waals surface area (Å²) < 4.78 is 11.0. The number of likely N-dealkylation sites (tertiary alicyclic amines) is 1. The van der Waals surface area contributed by atoms with Gasteiger partial charge in [0.25, 0.3) is 0 Å². The van der Waals surface area contributed by atoms with E-state index in [2.05, 4.69) is 22.1 Å². The SMILES string of the molecule is CCNC(=NCc1cccc(C)n1)N1CCC(OCCCOC)CC1.I. The molecule has 6 nitrogen and oxygen atoms in total. The van der Waals surface area contributed by atoms with Gasteiger partial charge in [-0.3, -0.25) is 4.98 Å². The lowest BCUT2D eigenvalue weighted by atomic mass is 10.1. The average molecular weight is 476 g/mol. The molecule has 0 bridgehead atoms. The Hall–Kier alpha value is -0.930. The monoisotopic (exact) mass is 476 g/mol. The van der Waals surface area contributed by atoms with Crippen LogP contribution in [0.1, 0.15) is 37.6 Å². The van der Waals surface area contributed by atoms with Crippen molar-refractivity contribution in [1.82, 2.24) is 15.2 Å². The molecule has 2 rings (SSSR count). The van der Waals surface area contributed by atoms with Gasteiger partial charge in [-0.2, -0.15) is 0 Å². The van der Waals surface area contributed by atoms with Crippen LogP contribution in [0.5, 0.6) is 0 Å². The Balaban J connectivity index is 0.00000338. The summed E-state index contributed by atoms with van der Waals surface area (Å²) in [5.74, 6) is 0.976. The highest BCUT2D eigenvalue weighted by atomic mass is 127. The third-order valence-electron chi connectivity index (χ3n) is 4.26. The van der Waals surface area contributed by atoms with Crippen molar-refractivity contribution in [1.29, 1.82) is 0 Å². The van der Waals surface area contributed by atoms with E-state index in [9.17, 15) is 0 Å². The van der Waals surface area contributed by atoms with Gasteiger partial charge in [0.15, 0.2) is 5.96 Å². The second-order valence-electron chi connectivity index (χ2n) is 6.34. The molecule has 1 aliphatic rings. The molecule has 0 amide bonds. The molecular weight excluding hydrogens is 443 g/mol. The first-order valence-electron chi connectivity index (χ1n) is 9.29. The van der Waals surface area contributed by atoms with Gasteiger partial charge >= 0.3 is 0 Å². The summed E-state index contributed by atoms with van der Waals surface area (Å²) in [7, 11) is 1.73. The van der Waals surface area contributed by atoms with E-state index in [1.807, 2.05) is 25.1 Å². The summed E-state index contributed by atoms with van der Waals surface area (Å²) in [6.45, 7) is 9.09. The highest BCUT2D eigenvalue weighted by molar-refractivity contribution is 14.0. The minimum Gasteiger partial charge on any atom is -0.385 e. The van der Waals surface area contributed by atoms with E-state index in [1.54, 1.807) is 7.11 Å². The van der Waals surface area contributed by atoms with E-state index in [-0.39, 0.29) is 24.0 Å². The number of halogens is 1. The Morgan fingerprint density at radius 3 is 2.73 bits per heavy atom. The average Bonchev–Trinajstić information content (AvgIpc) is 2.63. The molecule has 26 heavy (non-hydrogen) atoms. The summed E-state index contributed by atoms with van der Waals surface area (Å²) in [4.78, 5) is 11.6. The number of hydrogen-bond acceptors (Lipinski definition) is 4. The molecule has 0 saturated carbocycles. The predicted molar refractivity (Wildman–Crippen MR) is 116 cm³/mol. The fourth-order valence-electron chi connectivity index (χ4n) is 2.96. The first-order chi connectivity index (χ1) is 12.2. The van der Waals surface area contributed by atoms with Gasteiger partial charge in [0.1, 0.15) is 0 Å². The summed E-state index contributed by atoms with van der Waals surface area (Å²) in [6.07, 6.45) is 3.40. The van der Waals surface area contributed by atoms with Crippen LogP contribution in [-0.4, -0.2) is 61.9 Å². The largest absolute Gasteiger partial charge is 0.385 e. The normalized spacial score (nSPS) is 15.7. The van der Waals surface area contributed by atoms with Crippen LogP contribution in [0.15, 0.2) is 23.2 Å². The van der Waals surface area contributed by atoms with Gasteiger partial charge in [-0.15, -0.1) is 24.0 Å². The van der Waals surface area contributed by atoms with Gasteiger partial charge < -0.3 is 19.7 Å². The van der Waals surface area contributed by atoms with E-state index in [1.165, 1.54) is 0 Å². The van der Waals surface area contributed by atoms with Gasteiger partial charge in [0.2, 0.25) is 0 Å². The van der Waals surface area contributed by atoms with Gasteiger partial charge in [0.05, 0.1) is 18.3 Å². The molecule has 0 atom stereocenters. The summed E-state index contributed by atoms with van der Waals surface area (Å²) in [5, 5.41) is 3.40. The molecule has 148 valence electrons. The van der Waals surface area contributed by atoms with Crippen LogP contribution < -0.4 is 5.32 Å². The van der Waals surface area contributed by atoms with Crippen molar-refractivity contribution in [3.63, 3.8) is 0 Å². The Bertz CT molecular complexity index is 534. The lowest BCUT2D eigenvalue weighted by Crippen LogP contribution is -2.47. The number of nitrogens with zero attached hydrogens (tertiary/aromatic N) is 3. The van der Waals surface area contributed by atoms with Crippen LogP contribution in [0.2, 0.25) is 0 Å². The number of hydrogen-bond donors (Lipinski definition) is 1. The second-order valence-corrected chi connectivity index (χ2v) is 6.34. The second kappa shape index (κ2) is 13.3. The zero-order valence-electron chi connectivity index (χ0n) is 16.2. The van der Waals surface area contributed by atoms with Crippen LogP contribution in [-0.2, 0) is 16.0 Å². The van der Waals surface area contributed by atoms with Crippen molar-refractivity contribution < 1.29 is 9.47 Å². The van der Waals surface area contributed by atoms with E-state index in [0.29, 0.717) is 12.6 Å². The fourth-order valence-corrected chi connectivity index (χ4v) is 2.96. The molecule has 0 radical (unpaired) electrons. The number of nitrogens with one attached hydrogen (secondary N) is 1. The van der Waals surface area contributed by atoms with E-state index in [0.717, 1.165) is 69.5 Å². The van der Waals surface area contributed by atoms with Crippen LogP contribution in [0.3, 0.4) is 0 Å². The summed E-state index contributed by atoms with van der Waals surface area (Å²) in [5.41, 5.74) is 2.04. The van der Waals surface area contributed by atoms with E-state index < -0.39 is 0 Å². The third kappa shape index (κ3) is 8.18. The number of aromatic nitrogens is 1. The minimum atomic E-state index is 0. The number of methoxy groups -OCH3 is 1. The molecule has 1 N–H and O–H groups in total. The molecule has 1 saturated heterocycles. The molecule has 2 heterocycles. The maximum atomic E-state index is 5.94. The fraction of sp³-hybridized carbons (Fsp3) is 0.684. The zero-order valence-corrected chi connectivity index (χ0v) is 18.6. The molecule has 0 aromatic carbocycles. The Kier molecular flexibility index (Phi) is 11.8. The maximum Gasteiger partial charge on any atom is 0.194 e. The van der Waals surface area contributed by atoms with E-state index >= 15 is 0 Å². The maximum absolute atomic E-state index is 5.94. The number of ether oxygens (including phenoxy) is 2.